The third-order valence-electron chi connectivity index (χ3n) is 4.24. The zero-order valence-corrected chi connectivity index (χ0v) is 13.8. The highest BCUT2D eigenvalue weighted by atomic mass is 16.3. The van der Waals surface area contributed by atoms with Gasteiger partial charge in [0.1, 0.15) is 11.8 Å². The van der Waals surface area contributed by atoms with E-state index in [1.54, 1.807) is 24.3 Å². The molecule has 2 aromatic carbocycles. The van der Waals surface area contributed by atoms with Crippen LogP contribution in [0.15, 0.2) is 89.0 Å². The van der Waals surface area contributed by atoms with Crippen LogP contribution >= 0.6 is 0 Å². The van der Waals surface area contributed by atoms with Gasteiger partial charge in [0, 0.05) is 5.56 Å². The smallest absolute Gasteiger partial charge is 0.320 e. The average Bonchev–Trinajstić information content (AvgIpc) is 3.23. The highest BCUT2D eigenvalue weighted by molar-refractivity contribution is 6.16. The minimum absolute atomic E-state index is 0.168. The fourth-order valence-electron chi connectivity index (χ4n) is 3.06. The van der Waals surface area contributed by atoms with Crippen molar-refractivity contribution in [1.29, 1.82) is 0 Å². The van der Waals surface area contributed by atoms with E-state index < -0.39 is 6.04 Å². The van der Waals surface area contributed by atoms with E-state index in [-0.39, 0.29) is 11.8 Å². The fourth-order valence-corrected chi connectivity index (χ4v) is 3.06. The molecule has 0 spiro atoms. The third-order valence-corrected chi connectivity index (χ3v) is 4.24. The topological polar surface area (TPSA) is 71.3 Å². The van der Waals surface area contributed by atoms with Crippen molar-refractivity contribution < 1.29 is 14.0 Å². The van der Waals surface area contributed by atoms with Gasteiger partial charge in [-0.15, -0.1) is 0 Å². The van der Waals surface area contributed by atoms with Gasteiger partial charge in [0.15, 0.2) is 5.78 Å². The first-order valence-electron chi connectivity index (χ1n) is 8.24. The third kappa shape index (κ3) is 2.91. The SMILES string of the molecule is O=C1NC(c2ccccc2)=C(C(=O)c2ccccc2)C(c2ccco2)N1. The summed E-state index contributed by atoms with van der Waals surface area (Å²) in [6, 6.07) is 20.8. The molecule has 0 aliphatic carbocycles. The van der Waals surface area contributed by atoms with Crippen LogP contribution in [0.4, 0.5) is 4.79 Å². The molecule has 0 bridgehead atoms. The van der Waals surface area contributed by atoms with Gasteiger partial charge in [-0.1, -0.05) is 60.7 Å². The predicted octanol–water partition coefficient (Wildman–Crippen LogP) is 3.93. The summed E-state index contributed by atoms with van der Waals surface area (Å²) in [7, 11) is 0. The minimum atomic E-state index is -0.665. The van der Waals surface area contributed by atoms with E-state index in [4.69, 9.17) is 4.42 Å². The van der Waals surface area contributed by atoms with Gasteiger partial charge in [-0.05, 0) is 17.7 Å². The molecule has 5 nitrogen and oxygen atoms in total. The second-order valence-corrected chi connectivity index (χ2v) is 5.90. The van der Waals surface area contributed by atoms with Crippen LogP contribution < -0.4 is 10.6 Å². The lowest BCUT2D eigenvalue weighted by atomic mass is 9.90. The predicted molar refractivity (Wildman–Crippen MR) is 97.3 cm³/mol. The van der Waals surface area contributed by atoms with Gasteiger partial charge in [0.2, 0.25) is 0 Å². The fraction of sp³-hybridized carbons (Fsp3) is 0.0476. The number of amides is 2. The number of benzene rings is 2. The molecular formula is C21H16N2O3. The Hall–Kier alpha value is -3.60. The number of hydrogen-bond donors (Lipinski definition) is 2. The average molecular weight is 344 g/mol. The minimum Gasteiger partial charge on any atom is -0.467 e. The molecule has 0 saturated heterocycles. The number of carbonyl (C=O) groups excluding carboxylic acids is 2. The first-order chi connectivity index (χ1) is 12.7. The van der Waals surface area contributed by atoms with E-state index in [9.17, 15) is 9.59 Å². The lowest BCUT2D eigenvalue weighted by Gasteiger charge is -2.28. The molecule has 128 valence electrons. The van der Waals surface area contributed by atoms with Crippen LogP contribution in [0.2, 0.25) is 0 Å². The molecule has 1 unspecified atom stereocenters. The van der Waals surface area contributed by atoms with Gasteiger partial charge >= 0.3 is 6.03 Å². The largest absolute Gasteiger partial charge is 0.467 e. The molecule has 2 heterocycles. The molecule has 1 aromatic heterocycles. The number of Topliss-reactive ketones (excluding diaryl/α,β-unsaturated/α-hetero) is 1. The van der Waals surface area contributed by atoms with Crippen molar-refractivity contribution in [2.45, 2.75) is 6.04 Å². The second-order valence-electron chi connectivity index (χ2n) is 5.90. The summed E-state index contributed by atoms with van der Waals surface area (Å²) in [5.74, 6) is 0.339. The van der Waals surface area contributed by atoms with Crippen molar-refractivity contribution in [3.63, 3.8) is 0 Å². The van der Waals surface area contributed by atoms with E-state index in [0.29, 0.717) is 22.6 Å². The number of hydrogen-bond acceptors (Lipinski definition) is 3. The molecule has 4 rings (SSSR count). The number of urea groups is 1. The van der Waals surface area contributed by atoms with Gasteiger partial charge in [-0.25, -0.2) is 4.79 Å². The molecule has 0 fully saturated rings. The number of furan rings is 1. The van der Waals surface area contributed by atoms with Gasteiger partial charge in [0.05, 0.1) is 17.5 Å². The van der Waals surface area contributed by atoms with Crippen molar-refractivity contribution >= 4 is 17.5 Å². The monoisotopic (exact) mass is 344 g/mol. The first-order valence-corrected chi connectivity index (χ1v) is 8.24. The zero-order valence-electron chi connectivity index (χ0n) is 13.8. The first kappa shape index (κ1) is 15.9. The summed E-state index contributed by atoms with van der Waals surface area (Å²) in [6.07, 6.45) is 1.52. The summed E-state index contributed by atoms with van der Waals surface area (Å²) >= 11 is 0. The number of carbonyl (C=O) groups is 2. The van der Waals surface area contributed by atoms with Crippen LogP contribution in [0.5, 0.6) is 0 Å². The van der Waals surface area contributed by atoms with E-state index >= 15 is 0 Å². The lowest BCUT2D eigenvalue weighted by molar-refractivity contribution is 0.102. The molecule has 0 radical (unpaired) electrons. The Balaban J connectivity index is 1.92. The summed E-state index contributed by atoms with van der Waals surface area (Å²) in [5.41, 5.74) is 2.24. The Morgan fingerprint density at radius 1 is 0.885 bits per heavy atom. The van der Waals surface area contributed by atoms with E-state index in [0.717, 1.165) is 5.56 Å². The van der Waals surface area contributed by atoms with Crippen LogP contribution in [-0.4, -0.2) is 11.8 Å². The van der Waals surface area contributed by atoms with E-state index in [1.165, 1.54) is 6.26 Å². The van der Waals surface area contributed by atoms with Crippen LogP contribution in [0.25, 0.3) is 5.70 Å². The Morgan fingerprint density at radius 2 is 1.58 bits per heavy atom. The molecule has 2 N–H and O–H groups in total. The Morgan fingerprint density at radius 3 is 2.23 bits per heavy atom. The van der Waals surface area contributed by atoms with E-state index in [1.807, 2.05) is 48.5 Å². The molecule has 2 amide bonds. The normalized spacial score (nSPS) is 16.8. The van der Waals surface area contributed by atoms with Crippen LogP contribution in [0, 0.1) is 0 Å². The zero-order chi connectivity index (χ0) is 17.9. The second kappa shape index (κ2) is 6.72. The molecule has 1 aliphatic rings. The van der Waals surface area contributed by atoms with Crippen molar-refractivity contribution in [2.24, 2.45) is 0 Å². The van der Waals surface area contributed by atoms with Crippen LogP contribution in [0.1, 0.15) is 27.7 Å². The molecule has 3 aromatic rings. The van der Waals surface area contributed by atoms with Gasteiger partial charge in [0.25, 0.3) is 0 Å². The quantitative estimate of drug-likeness (QED) is 0.705. The summed E-state index contributed by atoms with van der Waals surface area (Å²) < 4.78 is 5.49. The van der Waals surface area contributed by atoms with Crippen molar-refractivity contribution in [3.8, 4) is 0 Å². The Kier molecular flexibility index (Phi) is 4.11. The maximum absolute atomic E-state index is 13.3. The number of rotatable bonds is 4. The standard InChI is InChI=1S/C21H16N2O3/c24-20(15-10-5-2-6-11-15)17-18(14-8-3-1-4-9-14)22-21(25)23-19(17)16-12-7-13-26-16/h1-13,19H,(H2,22,23,25). The highest BCUT2D eigenvalue weighted by Crippen LogP contribution is 2.33. The summed E-state index contributed by atoms with van der Waals surface area (Å²) in [6.45, 7) is 0. The van der Waals surface area contributed by atoms with Crippen molar-refractivity contribution in [2.75, 3.05) is 0 Å². The summed E-state index contributed by atoms with van der Waals surface area (Å²) in [4.78, 5) is 25.6. The number of nitrogens with one attached hydrogen (secondary N) is 2. The molecule has 26 heavy (non-hydrogen) atoms. The van der Waals surface area contributed by atoms with Crippen LogP contribution in [-0.2, 0) is 0 Å². The summed E-state index contributed by atoms with van der Waals surface area (Å²) in [5, 5.41) is 5.59. The molecule has 1 aliphatic heterocycles. The Labute approximate surface area is 150 Å². The van der Waals surface area contributed by atoms with Gasteiger partial charge < -0.3 is 15.1 Å². The van der Waals surface area contributed by atoms with Gasteiger partial charge in [-0.2, -0.15) is 0 Å². The molecular weight excluding hydrogens is 328 g/mol. The van der Waals surface area contributed by atoms with Crippen LogP contribution in [0.3, 0.4) is 0 Å². The maximum atomic E-state index is 13.3. The lowest BCUT2D eigenvalue weighted by Crippen LogP contribution is -2.45. The highest BCUT2D eigenvalue weighted by Gasteiger charge is 2.35. The molecule has 1 atom stereocenters. The Bertz CT molecular complexity index is 961. The number of ketones is 1. The molecule has 0 saturated carbocycles. The van der Waals surface area contributed by atoms with Gasteiger partial charge in [-0.3, -0.25) is 4.79 Å². The van der Waals surface area contributed by atoms with Crippen molar-refractivity contribution in [1.82, 2.24) is 10.6 Å². The molecule has 5 heteroatoms. The maximum Gasteiger partial charge on any atom is 0.320 e. The van der Waals surface area contributed by atoms with Crippen molar-refractivity contribution in [3.05, 3.63) is 102 Å². The van der Waals surface area contributed by atoms with E-state index in [2.05, 4.69) is 10.6 Å².